The first-order valence-corrected chi connectivity index (χ1v) is 6.24. The Hall–Kier alpha value is -0.760. The van der Waals surface area contributed by atoms with Crippen LogP contribution in [0, 0.1) is 11.2 Å². The molecule has 1 unspecified atom stereocenters. The zero-order valence-corrected chi connectivity index (χ0v) is 11.6. The van der Waals surface area contributed by atoms with E-state index in [0.717, 1.165) is 24.2 Å². The predicted octanol–water partition coefficient (Wildman–Crippen LogP) is 4.42. The van der Waals surface area contributed by atoms with Crippen LogP contribution >= 0.6 is 11.6 Å². The molecule has 3 heteroatoms. The Morgan fingerprint density at radius 3 is 2.53 bits per heavy atom. The fourth-order valence-electron chi connectivity index (χ4n) is 1.66. The topological polar surface area (TPSA) is 9.23 Å². The summed E-state index contributed by atoms with van der Waals surface area (Å²) in [5.41, 5.74) is 0.935. The Morgan fingerprint density at radius 1 is 1.35 bits per heavy atom. The van der Waals surface area contributed by atoms with Crippen LogP contribution in [0.1, 0.15) is 32.8 Å². The predicted molar refractivity (Wildman–Crippen MR) is 70.4 cm³/mol. The highest BCUT2D eigenvalue weighted by Crippen LogP contribution is 2.30. The average Bonchev–Trinajstić information content (AvgIpc) is 2.24. The van der Waals surface area contributed by atoms with Gasteiger partial charge >= 0.3 is 0 Å². The van der Waals surface area contributed by atoms with E-state index in [9.17, 15) is 4.39 Å². The first-order chi connectivity index (χ1) is 7.84. The Balaban J connectivity index is 2.72. The maximum absolute atomic E-state index is 13.2. The maximum atomic E-state index is 13.2. The van der Waals surface area contributed by atoms with Crippen molar-refractivity contribution >= 4 is 11.6 Å². The van der Waals surface area contributed by atoms with Crippen LogP contribution in [-0.2, 0) is 6.42 Å². The van der Waals surface area contributed by atoms with E-state index in [0.29, 0.717) is 0 Å². The first kappa shape index (κ1) is 14.3. The van der Waals surface area contributed by atoms with Gasteiger partial charge in [-0.25, -0.2) is 4.39 Å². The van der Waals surface area contributed by atoms with Crippen molar-refractivity contribution in [3.05, 3.63) is 29.6 Å². The fraction of sp³-hybridized carbons (Fsp3) is 0.571. The highest BCUT2D eigenvalue weighted by atomic mass is 35.5. The highest BCUT2D eigenvalue weighted by Gasteiger charge is 2.22. The Kier molecular flexibility index (Phi) is 4.81. The van der Waals surface area contributed by atoms with Gasteiger partial charge in [0.25, 0.3) is 0 Å². The molecule has 17 heavy (non-hydrogen) atoms. The van der Waals surface area contributed by atoms with Gasteiger partial charge in [0.05, 0.1) is 7.11 Å². The SMILES string of the molecule is COc1ccc(F)cc1CCC(Cl)C(C)(C)C. The zero-order valence-electron chi connectivity index (χ0n) is 10.9. The minimum atomic E-state index is -0.234. The van der Waals surface area contributed by atoms with Gasteiger partial charge in [-0.2, -0.15) is 0 Å². The largest absolute Gasteiger partial charge is 0.496 e. The van der Waals surface area contributed by atoms with Crippen LogP contribution in [-0.4, -0.2) is 12.5 Å². The van der Waals surface area contributed by atoms with Crippen molar-refractivity contribution in [2.24, 2.45) is 5.41 Å². The van der Waals surface area contributed by atoms with Crippen LogP contribution in [0.3, 0.4) is 0 Å². The van der Waals surface area contributed by atoms with E-state index in [1.165, 1.54) is 12.1 Å². The molecule has 1 nitrogen and oxygen atoms in total. The number of methoxy groups -OCH3 is 1. The lowest BCUT2D eigenvalue weighted by Gasteiger charge is -2.25. The van der Waals surface area contributed by atoms with E-state index in [1.54, 1.807) is 13.2 Å². The molecule has 0 aromatic heterocycles. The van der Waals surface area contributed by atoms with E-state index in [4.69, 9.17) is 16.3 Å². The van der Waals surface area contributed by atoms with Crippen LogP contribution in [0.5, 0.6) is 5.75 Å². The minimum absolute atomic E-state index is 0.0577. The number of rotatable bonds is 4. The Labute approximate surface area is 108 Å². The molecule has 0 heterocycles. The van der Waals surface area contributed by atoms with Crippen molar-refractivity contribution in [1.29, 1.82) is 0 Å². The van der Waals surface area contributed by atoms with Crippen molar-refractivity contribution < 1.29 is 9.13 Å². The van der Waals surface area contributed by atoms with Crippen molar-refractivity contribution in [2.45, 2.75) is 39.0 Å². The normalized spacial score (nSPS) is 13.5. The smallest absolute Gasteiger partial charge is 0.123 e. The molecule has 0 saturated carbocycles. The number of alkyl halides is 1. The molecule has 0 fully saturated rings. The Morgan fingerprint density at radius 2 is 2.00 bits per heavy atom. The molecular weight excluding hydrogens is 239 g/mol. The van der Waals surface area contributed by atoms with Crippen LogP contribution in [0.15, 0.2) is 18.2 Å². The number of benzene rings is 1. The van der Waals surface area contributed by atoms with Gasteiger partial charge in [-0.05, 0) is 42.0 Å². The van der Waals surface area contributed by atoms with Crippen molar-refractivity contribution in [2.75, 3.05) is 7.11 Å². The maximum Gasteiger partial charge on any atom is 0.123 e. The summed E-state index contributed by atoms with van der Waals surface area (Å²) in [6.07, 6.45) is 1.54. The molecule has 0 radical (unpaired) electrons. The standard InChI is InChI=1S/C14H20ClFO/c1-14(2,3)13(15)8-5-10-9-11(16)6-7-12(10)17-4/h6-7,9,13H,5,8H2,1-4H3. The molecule has 1 atom stereocenters. The van der Waals surface area contributed by atoms with Gasteiger partial charge < -0.3 is 4.74 Å². The van der Waals surface area contributed by atoms with Gasteiger partial charge in [-0.15, -0.1) is 11.6 Å². The second-order valence-corrected chi connectivity index (χ2v) is 5.86. The second kappa shape index (κ2) is 5.72. The molecule has 1 rings (SSSR count). The molecule has 0 aliphatic carbocycles. The molecule has 0 saturated heterocycles. The van der Waals surface area contributed by atoms with Crippen molar-refractivity contribution in [3.8, 4) is 5.75 Å². The summed E-state index contributed by atoms with van der Waals surface area (Å²) in [5.74, 6) is 0.492. The number of hydrogen-bond acceptors (Lipinski definition) is 1. The summed E-state index contributed by atoms with van der Waals surface area (Å²) < 4.78 is 18.4. The third-order valence-electron chi connectivity index (χ3n) is 2.85. The molecule has 1 aromatic carbocycles. The van der Waals surface area contributed by atoms with Crippen molar-refractivity contribution in [1.82, 2.24) is 0 Å². The molecule has 0 bridgehead atoms. The summed E-state index contributed by atoms with van der Waals surface area (Å²) in [5, 5.41) is 0.0653. The Bertz CT molecular complexity index is 371. The zero-order chi connectivity index (χ0) is 13.1. The number of halogens is 2. The van der Waals surface area contributed by atoms with Gasteiger partial charge in [0.2, 0.25) is 0 Å². The second-order valence-electron chi connectivity index (χ2n) is 5.33. The third-order valence-corrected chi connectivity index (χ3v) is 3.72. The van der Waals surface area contributed by atoms with Gasteiger partial charge in [0.15, 0.2) is 0 Å². The van der Waals surface area contributed by atoms with Crippen LogP contribution in [0.4, 0.5) is 4.39 Å². The summed E-state index contributed by atoms with van der Waals surface area (Å²) in [6, 6.07) is 4.58. The molecule has 0 amide bonds. The minimum Gasteiger partial charge on any atom is -0.496 e. The van der Waals surface area contributed by atoms with Crippen LogP contribution < -0.4 is 4.74 Å². The summed E-state index contributed by atoms with van der Waals surface area (Å²) in [4.78, 5) is 0. The molecular formula is C14H20ClFO. The quantitative estimate of drug-likeness (QED) is 0.727. The first-order valence-electron chi connectivity index (χ1n) is 5.81. The molecule has 0 aliphatic rings. The summed E-state index contributed by atoms with van der Waals surface area (Å²) in [7, 11) is 1.60. The van der Waals surface area contributed by atoms with Crippen LogP contribution in [0.25, 0.3) is 0 Å². The summed E-state index contributed by atoms with van der Waals surface area (Å²) >= 11 is 6.31. The number of hydrogen-bond donors (Lipinski definition) is 0. The fourth-order valence-corrected chi connectivity index (χ4v) is 1.77. The molecule has 0 N–H and O–H groups in total. The third kappa shape index (κ3) is 4.19. The van der Waals surface area contributed by atoms with E-state index >= 15 is 0 Å². The summed E-state index contributed by atoms with van der Waals surface area (Å²) in [6.45, 7) is 6.31. The lowest BCUT2D eigenvalue weighted by atomic mass is 9.88. The molecule has 0 aliphatic heterocycles. The van der Waals surface area contributed by atoms with E-state index in [1.807, 2.05) is 0 Å². The lowest BCUT2D eigenvalue weighted by Crippen LogP contribution is -2.21. The van der Waals surface area contributed by atoms with Gasteiger partial charge in [-0.1, -0.05) is 20.8 Å². The van der Waals surface area contributed by atoms with E-state index in [-0.39, 0.29) is 16.6 Å². The monoisotopic (exact) mass is 258 g/mol. The highest BCUT2D eigenvalue weighted by molar-refractivity contribution is 6.21. The van der Waals surface area contributed by atoms with Crippen LogP contribution in [0.2, 0.25) is 0 Å². The van der Waals surface area contributed by atoms with Gasteiger partial charge in [0.1, 0.15) is 11.6 Å². The van der Waals surface area contributed by atoms with Gasteiger partial charge in [0, 0.05) is 5.38 Å². The van der Waals surface area contributed by atoms with E-state index in [2.05, 4.69) is 20.8 Å². The molecule has 96 valence electrons. The number of ether oxygens (including phenoxy) is 1. The molecule has 1 aromatic rings. The lowest BCUT2D eigenvalue weighted by molar-refractivity contribution is 0.369. The van der Waals surface area contributed by atoms with Crippen molar-refractivity contribution in [3.63, 3.8) is 0 Å². The number of aryl methyl sites for hydroxylation is 1. The van der Waals surface area contributed by atoms with Gasteiger partial charge in [-0.3, -0.25) is 0 Å². The molecule has 0 spiro atoms. The van der Waals surface area contributed by atoms with E-state index < -0.39 is 0 Å². The average molecular weight is 259 g/mol.